The molecule has 0 aliphatic carbocycles. The Morgan fingerprint density at radius 2 is 1.71 bits per heavy atom. The lowest BCUT2D eigenvalue weighted by atomic mass is 10.1. The Hall–Kier alpha value is -1.76. The second-order valence-corrected chi connectivity index (χ2v) is 6.50. The van der Waals surface area contributed by atoms with Gasteiger partial charge in [-0.1, -0.05) is 42.5 Å². The molecule has 130 valence electrons. The Morgan fingerprint density at radius 3 is 2.38 bits per heavy atom. The number of ether oxygens (including phenoxy) is 1. The molecule has 0 fully saturated rings. The quantitative estimate of drug-likeness (QED) is 0.419. The molecule has 0 atom stereocenters. The van der Waals surface area contributed by atoms with Gasteiger partial charge in [-0.15, -0.1) is 24.0 Å². The zero-order chi connectivity index (χ0) is 16.7. The Balaban J connectivity index is 0.00000288. The molecule has 0 spiro atoms. The molecule has 2 aromatic rings. The lowest BCUT2D eigenvalue weighted by Gasteiger charge is -2.21. The van der Waals surface area contributed by atoms with E-state index in [9.17, 15) is 0 Å². The minimum Gasteiger partial charge on any atom is -0.489 e. The van der Waals surface area contributed by atoms with Gasteiger partial charge in [-0.05, 0) is 44.0 Å². The Morgan fingerprint density at radius 1 is 1.04 bits per heavy atom. The number of halogens is 1. The molecule has 0 saturated carbocycles. The molecule has 0 aliphatic heterocycles. The van der Waals surface area contributed by atoms with Crippen molar-refractivity contribution < 1.29 is 4.74 Å². The maximum absolute atomic E-state index is 5.89. The summed E-state index contributed by atoms with van der Waals surface area (Å²) in [6.45, 7) is 7.23. The predicted octanol–water partition coefficient (Wildman–Crippen LogP) is 4.09. The van der Waals surface area contributed by atoms with E-state index in [2.05, 4.69) is 10.3 Å². The number of benzene rings is 2. The second-order valence-electron chi connectivity index (χ2n) is 6.50. The molecule has 24 heavy (non-hydrogen) atoms. The molecule has 0 amide bonds. The third kappa shape index (κ3) is 7.68. The van der Waals surface area contributed by atoms with Gasteiger partial charge in [-0.25, -0.2) is 4.99 Å². The van der Waals surface area contributed by atoms with Crippen molar-refractivity contribution in [3.8, 4) is 5.75 Å². The summed E-state index contributed by atoms with van der Waals surface area (Å²) >= 11 is 0. The first-order chi connectivity index (χ1) is 10.9. The SMILES string of the molecule is CC(C)(C)NC(N)=NCc1cccc(OCc2ccccc2)c1.I. The van der Waals surface area contributed by atoms with Crippen molar-refractivity contribution in [2.45, 2.75) is 39.5 Å². The van der Waals surface area contributed by atoms with Crippen LogP contribution in [-0.4, -0.2) is 11.5 Å². The van der Waals surface area contributed by atoms with Crippen molar-refractivity contribution in [2.75, 3.05) is 0 Å². The molecule has 2 rings (SSSR count). The van der Waals surface area contributed by atoms with Crippen LogP contribution in [0, 0.1) is 0 Å². The Kier molecular flexibility index (Phi) is 8.04. The van der Waals surface area contributed by atoms with Gasteiger partial charge in [0, 0.05) is 5.54 Å². The van der Waals surface area contributed by atoms with Crippen LogP contribution in [0.25, 0.3) is 0 Å². The summed E-state index contributed by atoms with van der Waals surface area (Å²) in [6.07, 6.45) is 0. The highest BCUT2D eigenvalue weighted by Gasteiger charge is 2.09. The molecule has 0 heterocycles. The fourth-order valence-corrected chi connectivity index (χ4v) is 2.07. The summed E-state index contributed by atoms with van der Waals surface area (Å²) in [5.41, 5.74) is 8.01. The van der Waals surface area contributed by atoms with E-state index in [0.29, 0.717) is 19.1 Å². The van der Waals surface area contributed by atoms with Crippen LogP contribution in [0.1, 0.15) is 31.9 Å². The first kappa shape index (κ1) is 20.3. The predicted molar refractivity (Wildman–Crippen MR) is 111 cm³/mol. The number of nitrogens with zero attached hydrogens (tertiary/aromatic N) is 1. The lowest BCUT2D eigenvalue weighted by molar-refractivity contribution is 0.306. The molecule has 0 saturated heterocycles. The molecule has 2 aromatic carbocycles. The molecule has 0 aliphatic rings. The van der Waals surface area contributed by atoms with Gasteiger partial charge in [-0.2, -0.15) is 0 Å². The summed E-state index contributed by atoms with van der Waals surface area (Å²) < 4.78 is 5.82. The average molecular weight is 439 g/mol. The summed E-state index contributed by atoms with van der Waals surface area (Å²) in [6, 6.07) is 18.0. The van der Waals surface area contributed by atoms with Crippen molar-refractivity contribution in [3.05, 3.63) is 65.7 Å². The summed E-state index contributed by atoms with van der Waals surface area (Å²) in [4.78, 5) is 4.37. The topological polar surface area (TPSA) is 59.6 Å². The van der Waals surface area contributed by atoms with E-state index in [1.807, 2.05) is 75.4 Å². The molecular weight excluding hydrogens is 413 g/mol. The molecule has 5 heteroatoms. The fraction of sp³-hybridized carbons (Fsp3) is 0.316. The lowest BCUT2D eigenvalue weighted by Crippen LogP contribution is -2.44. The number of hydrogen-bond acceptors (Lipinski definition) is 2. The third-order valence-corrected chi connectivity index (χ3v) is 3.08. The molecule has 0 unspecified atom stereocenters. The number of nitrogens with one attached hydrogen (secondary N) is 1. The standard InChI is InChI=1S/C19H25N3O.HI/c1-19(2,3)22-18(20)21-13-16-10-7-11-17(12-16)23-14-15-8-5-4-6-9-15;/h4-12H,13-14H2,1-3H3,(H3,20,21,22);1H. The van der Waals surface area contributed by atoms with Crippen LogP contribution < -0.4 is 15.8 Å². The highest BCUT2D eigenvalue weighted by atomic mass is 127. The molecule has 0 radical (unpaired) electrons. The normalized spacial score (nSPS) is 11.5. The number of hydrogen-bond donors (Lipinski definition) is 2. The smallest absolute Gasteiger partial charge is 0.189 e. The van der Waals surface area contributed by atoms with Crippen LogP contribution in [0.2, 0.25) is 0 Å². The maximum atomic E-state index is 5.89. The minimum atomic E-state index is -0.0891. The fourth-order valence-electron chi connectivity index (χ4n) is 2.07. The van der Waals surface area contributed by atoms with Crippen molar-refractivity contribution in [3.63, 3.8) is 0 Å². The summed E-state index contributed by atoms with van der Waals surface area (Å²) in [5.74, 6) is 1.29. The second kappa shape index (κ2) is 9.52. The van der Waals surface area contributed by atoms with Crippen molar-refractivity contribution >= 4 is 29.9 Å². The van der Waals surface area contributed by atoms with Crippen LogP contribution in [0.15, 0.2) is 59.6 Å². The van der Waals surface area contributed by atoms with Gasteiger partial charge in [-0.3, -0.25) is 0 Å². The van der Waals surface area contributed by atoms with E-state index in [4.69, 9.17) is 10.5 Å². The number of aliphatic imine (C=N–C) groups is 1. The highest BCUT2D eigenvalue weighted by Crippen LogP contribution is 2.16. The maximum Gasteiger partial charge on any atom is 0.189 e. The van der Waals surface area contributed by atoms with Gasteiger partial charge >= 0.3 is 0 Å². The van der Waals surface area contributed by atoms with E-state index in [1.54, 1.807) is 0 Å². The zero-order valence-corrected chi connectivity index (χ0v) is 16.8. The largest absolute Gasteiger partial charge is 0.489 e. The van der Waals surface area contributed by atoms with E-state index in [1.165, 1.54) is 0 Å². The van der Waals surface area contributed by atoms with Gasteiger partial charge in [0.1, 0.15) is 12.4 Å². The third-order valence-electron chi connectivity index (χ3n) is 3.08. The molecule has 3 N–H and O–H groups in total. The first-order valence-electron chi connectivity index (χ1n) is 7.76. The first-order valence-corrected chi connectivity index (χ1v) is 7.76. The van der Waals surface area contributed by atoms with E-state index < -0.39 is 0 Å². The number of rotatable bonds is 5. The number of guanidine groups is 1. The van der Waals surface area contributed by atoms with Crippen LogP contribution >= 0.6 is 24.0 Å². The van der Waals surface area contributed by atoms with Crippen LogP contribution in [0.5, 0.6) is 5.75 Å². The monoisotopic (exact) mass is 439 g/mol. The van der Waals surface area contributed by atoms with Crippen LogP contribution in [0.4, 0.5) is 0 Å². The minimum absolute atomic E-state index is 0. The van der Waals surface area contributed by atoms with Crippen molar-refractivity contribution in [1.82, 2.24) is 5.32 Å². The molecule has 4 nitrogen and oxygen atoms in total. The number of nitrogens with two attached hydrogens (primary N) is 1. The molecule has 0 aromatic heterocycles. The van der Waals surface area contributed by atoms with E-state index >= 15 is 0 Å². The Bertz CT molecular complexity index is 651. The molecular formula is C19H26IN3O. The average Bonchev–Trinajstić information content (AvgIpc) is 2.51. The van der Waals surface area contributed by atoms with Crippen molar-refractivity contribution in [2.24, 2.45) is 10.7 Å². The van der Waals surface area contributed by atoms with Gasteiger partial charge < -0.3 is 15.8 Å². The van der Waals surface area contributed by atoms with Crippen LogP contribution in [0.3, 0.4) is 0 Å². The molecule has 0 bridgehead atoms. The highest BCUT2D eigenvalue weighted by molar-refractivity contribution is 14.0. The summed E-state index contributed by atoms with van der Waals surface area (Å²) in [7, 11) is 0. The van der Waals surface area contributed by atoms with Crippen molar-refractivity contribution in [1.29, 1.82) is 0 Å². The zero-order valence-electron chi connectivity index (χ0n) is 14.5. The van der Waals surface area contributed by atoms with Gasteiger partial charge in [0.2, 0.25) is 0 Å². The van der Waals surface area contributed by atoms with Gasteiger partial charge in [0.15, 0.2) is 5.96 Å². The van der Waals surface area contributed by atoms with E-state index in [-0.39, 0.29) is 29.5 Å². The van der Waals surface area contributed by atoms with E-state index in [0.717, 1.165) is 16.9 Å². The van der Waals surface area contributed by atoms with Gasteiger partial charge in [0.25, 0.3) is 0 Å². The summed E-state index contributed by atoms with van der Waals surface area (Å²) in [5, 5.41) is 3.15. The Labute approximate surface area is 161 Å². The van der Waals surface area contributed by atoms with Crippen LogP contribution in [-0.2, 0) is 13.2 Å². The van der Waals surface area contributed by atoms with Gasteiger partial charge in [0.05, 0.1) is 6.54 Å².